The zero-order chi connectivity index (χ0) is 10.6. The summed E-state index contributed by atoms with van der Waals surface area (Å²) in [4.78, 5) is 1.70. The van der Waals surface area contributed by atoms with E-state index in [0.29, 0.717) is 5.54 Å². The fourth-order valence-electron chi connectivity index (χ4n) is 4.39. The largest absolute Gasteiger partial charge is 0.306 e. The van der Waals surface area contributed by atoms with Crippen molar-refractivity contribution in [2.45, 2.75) is 44.1 Å². The van der Waals surface area contributed by atoms with Gasteiger partial charge in [-0.25, -0.2) is 0 Å². The smallest absolute Gasteiger partial charge is 0.0565 e. The SMILES string of the molecule is c1cc2c(s1)C1(CC3CCCCC31)NCC2. The summed E-state index contributed by atoms with van der Waals surface area (Å²) in [6, 6.07) is 2.36. The van der Waals surface area contributed by atoms with E-state index in [9.17, 15) is 0 Å². The number of hydrogen-bond acceptors (Lipinski definition) is 2. The predicted molar refractivity (Wildman–Crippen MR) is 67.8 cm³/mol. The highest BCUT2D eigenvalue weighted by molar-refractivity contribution is 7.10. The lowest BCUT2D eigenvalue weighted by Gasteiger charge is -2.59. The number of fused-ring (bicyclic) bond motifs is 4. The van der Waals surface area contributed by atoms with Crippen LogP contribution in [0.25, 0.3) is 0 Å². The van der Waals surface area contributed by atoms with E-state index in [2.05, 4.69) is 16.8 Å². The van der Waals surface area contributed by atoms with E-state index in [1.807, 2.05) is 11.3 Å². The molecule has 86 valence electrons. The van der Waals surface area contributed by atoms with E-state index >= 15 is 0 Å². The zero-order valence-electron chi connectivity index (χ0n) is 9.67. The van der Waals surface area contributed by atoms with Crippen LogP contribution in [0.3, 0.4) is 0 Å². The summed E-state index contributed by atoms with van der Waals surface area (Å²) in [5, 5.41) is 6.19. The van der Waals surface area contributed by atoms with Gasteiger partial charge in [0.15, 0.2) is 0 Å². The second-order valence-electron chi connectivity index (χ2n) is 5.78. The number of hydrogen-bond donors (Lipinski definition) is 1. The van der Waals surface area contributed by atoms with E-state index in [1.165, 1.54) is 45.1 Å². The topological polar surface area (TPSA) is 12.0 Å². The normalized spacial score (nSPS) is 41.2. The minimum atomic E-state index is 0.423. The van der Waals surface area contributed by atoms with Gasteiger partial charge in [0.25, 0.3) is 0 Å². The van der Waals surface area contributed by atoms with E-state index in [1.54, 1.807) is 10.4 Å². The Morgan fingerprint density at radius 3 is 3.19 bits per heavy atom. The molecule has 4 rings (SSSR count). The molecule has 2 heteroatoms. The van der Waals surface area contributed by atoms with Gasteiger partial charge < -0.3 is 5.32 Å². The van der Waals surface area contributed by atoms with Gasteiger partial charge in [-0.1, -0.05) is 19.3 Å². The van der Waals surface area contributed by atoms with Crippen molar-refractivity contribution in [3.63, 3.8) is 0 Å². The third-order valence-corrected chi connectivity index (χ3v) is 6.25. The van der Waals surface area contributed by atoms with Crippen LogP contribution >= 0.6 is 11.3 Å². The first-order valence-corrected chi connectivity index (χ1v) is 7.60. The lowest BCUT2D eigenvalue weighted by molar-refractivity contribution is -0.0319. The summed E-state index contributed by atoms with van der Waals surface area (Å²) in [7, 11) is 0. The molecule has 1 aliphatic heterocycles. The molecule has 0 radical (unpaired) electrons. The third-order valence-electron chi connectivity index (χ3n) is 5.11. The zero-order valence-corrected chi connectivity index (χ0v) is 10.5. The van der Waals surface area contributed by atoms with Crippen LogP contribution < -0.4 is 5.32 Å². The Balaban J connectivity index is 1.74. The molecule has 0 aromatic carbocycles. The first kappa shape index (κ1) is 9.67. The van der Waals surface area contributed by atoms with Gasteiger partial charge >= 0.3 is 0 Å². The quantitative estimate of drug-likeness (QED) is 0.725. The summed E-state index contributed by atoms with van der Waals surface area (Å²) < 4.78 is 0. The minimum Gasteiger partial charge on any atom is -0.306 e. The van der Waals surface area contributed by atoms with Crippen molar-refractivity contribution in [3.8, 4) is 0 Å². The van der Waals surface area contributed by atoms with E-state index < -0.39 is 0 Å². The van der Waals surface area contributed by atoms with Crippen molar-refractivity contribution < 1.29 is 0 Å². The Morgan fingerprint density at radius 2 is 2.25 bits per heavy atom. The summed E-state index contributed by atoms with van der Waals surface area (Å²) in [5.74, 6) is 1.99. The second-order valence-corrected chi connectivity index (χ2v) is 6.69. The average Bonchev–Trinajstić information content (AvgIpc) is 2.76. The second kappa shape index (κ2) is 3.33. The highest BCUT2D eigenvalue weighted by Crippen LogP contribution is 2.59. The molecular formula is C14H19NS. The van der Waals surface area contributed by atoms with Crippen molar-refractivity contribution in [2.24, 2.45) is 11.8 Å². The van der Waals surface area contributed by atoms with Crippen molar-refractivity contribution >= 4 is 11.3 Å². The first-order valence-electron chi connectivity index (χ1n) is 6.72. The molecule has 3 atom stereocenters. The highest BCUT2D eigenvalue weighted by Gasteiger charge is 2.56. The molecule has 0 amide bonds. The number of nitrogens with one attached hydrogen (secondary N) is 1. The van der Waals surface area contributed by atoms with Gasteiger partial charge in [-0.05, 0) is 48.1 Å². The third kappa shape index (κ3) is 1.10. The van der Waals surface area contributed by atoms with Crippen molar-refractivity contribution in [3.05, 3.63) is 21.9 Å². The summed E-state index contributed by atoms with van der Waals surface area (Å²) in [6.07, 6.45) is 8.58. The molecule has 2 heterocycles. The summed E-state index contributed by atoms with van der Waals surface area (Å²) in [5.41, 5.74) is 2.07. The molecule has 1 nitrogen and oxygen atoms in total. The van der Waals surface area contributed by atoms with Gasteiger partial charge in [-0.2, -0.15) is 0 Å². The fraction of sp³-hybridized carbons (Fsp3) is 0.714. The molecule has 1 N–H and O–H groups in total. The van der Waals surface area contributed by atoms with Gasteiger partial charge in [0.2, 0.25) is 0 Å². The molecule has 1 aromatic rings. The standard InChI is InChI=1S/C14H19NS/c1-2-4-12-11(3-1)9-14(12)13-10(5-7-15-14)6-8-16-13/h6,8,11-12,15H,1-5,7,9H2. The van der Waals surface area contributed by atoms with Crippen LogP contribution in [-0.4, -0.2) is 6.54 Å². The van der Waals surface area contributed by atoms with Crippen LogP contribution in [0.5, 0.6) is 0 Å². The molecule has 0 saturated heterocycles. The Hall–Kier alpha value is -0.340. The minimum absolute atomic E-state index is 0.423. The Labute approximate surface area is 101 Å². The highest BCUT2D eigenvalue weighted by atomic mass is 32.1. The van der Waals surface area contributed by atoms with Gasteiger partial charge in [-0.15, -0.1) is 11.3 Å². The molecule has 0 bridgehead atoms. The Morgan fingerprint density at radius 1 is 1.31 bits per heavy atom. The van der Waals surface area contributed by atoms with E-state index in [-0.39, 0.29) is 0 Å². The monoisotopic (exact) mass is 233 g/mol. The van der Waals surface area contributed by atoms with Gasteiger partial charge in [0.05, 0.1) is 5.54 Å². The van der Waals surface area contributed by atoms with Crippen molar-refractivity contribution in [1.82, 2.24) is 5.32 Å². The lowest BCUT2D eigenvalue weighted by Crippen LogP contribution is -2.62. The number of thiophene rings is 1. The molecule has 1 spiro atoms. The van der Waals surface area contributed by atoms with Crippen LogP contribution in [0.4, 0.5) is 0 Å². The van der Waals surface area contributed by atoms with E-state index in [0.717, 1.165) is 11.8 Å². The Kier molecular flexibility index (Phi) is 2.01. The first-order chi connectivity index (χ1) is 7.90. The van der Waals surface area contributed by atoms with Crippen LogP contribution in [0.2, 0.25) is 0 Å². The van der Waals surface area contributed by atoms with Crippen LogP contribution in [0, 0.1) is 11.8 Å². The molecule has 2 fully saturated rings. The molecule has 2 aliphatic carbocycles. The average molecular weight is 233 g/mol. The van der Waals surface area contributed by atoms with Gasteiger partial charge in [-0.3, -0.25) is 0 Å². The van der Waals surface area contributed by atoms with Crippen molar-refractivity contribution in [2.75, 3.05) is 6.54 Å². The summed E-state index contributed by atoms with van der Waals surface area (Å²) in [6.45, 7) is 1.20. The molecule has 2 saturated carbocycles. The fourth-order valence-corrected chi connectivity index (χ4v) is 5.60. The lowest BCUT2D eigenvalue weighted by atomic mass is 9.52. The maximum Gasteiger partial charge on any atom is 0.0565 e. The molecule has 1 aromatic heterocycles. The molecule has 16 heavy (non-hydrogen) atoms. The maximum atomic E-state index is 3.88. The molecule has 3 unspecified atom stereocenters. The van der Waals surface area contributed by atoms with Crippen LogP contribution in [0.1, 0.15) is 42.5 Å². The predicted octanol–water partition coefficient (Wildman–Crippen LogP) is 3.30. The summed E-state index contributed by atoms with van der Waals surface area (Å²) >= 11 is 2.00. The van der Waals surface area contributed by atoms with Crippen LogP contribution in [0.15, 0.2) is 11.4 Å². The molecular weight excluding hydrogens is 214 g/mol. The van der Waals surface area contributed by atoms with Gasteiger partial charge in [0.1, 0.15) is 0 Å². The Bertz CT molecular complexity index is 411. The van der Waals surface area contributed by atoms with E-state index in [4.69, 9.17) is 0 Å². The van der Waals surface area contributed by atoms with Crippen molar-refractivity contribution in [1.29, 1.82) is 0 Å². The number of rotatable bonds is 0. The van der Waals surface area contributed by atoms with Gasteiger partial charge in [0, 0.05) is 11.4 Å². The van der Waals surface area contributed by atoms with Crippen LogP contribution in [-0.2, 0) is 12.0 Å². The maximum absolute atomic E-state index is 3.88. The molecule has 3 aliphatic rings.